The predicted octanol–water partition coefficient (Wildman–Crippen LogP) is 5.76. The molecule has 4 rings (SSSR count). The Kier molecular flexibility index (Phi) is 5.57. The van der Waals surface area contributed by atoms with Crippen LogP contribution in [0.5, 0.6) is 0 Å². The summed E-state index contributed by atoms with van der Waals surface area (Å²) >= 11 is 8.14. The summed E-state index contributed by atoms with van der Waals surface area (Å²) in [6, 6.07) is 15.0. The van der Waals surface area contributed by atoms with E-state index in [4.69, 9.17) is 11.6 Å². The Balaban J connectivity index is 1.49. The van der Waals surface area contributed by atoms with Gasteiger partial charge in [0.15, 0.2) is 0 Å². The van der Waals surface area contributed by atoms with Gasteiger partial charge in [0.2, 0.25) is 0 Å². The third-order valence-corrected chi connectivity index (χ3v) is 8.33. The zero-order valence-electron chi connectivity index (χ0n) is 14.6. The molecule has 2 aromatic rings. The molecule has 2 aromatic carbocycles. The summed E-state index contributed by atoms with van der Waals surface area (Å²) in [5, 5.41) is 0.816. The summed E-state index contributed by atoms with van der Waals surface area (Å²) in [5.74, 6) is 0. The van der Waals surface area contributed by atoms with Crippen molar-refractivity contribution >= 4 is 42.7 Å². The molecule has 0 unspecified atom stereocenters. The monoisotopic (exact) mass is 390 g/mol. The highest BCUT2D eigenvalue weighted by molar-refractivity contribution is 7.99. The highest BCUT2D eigenvalue weighted by Crippen LogP contribution is 2.48. The first kappa shape index (κ1) is 17.7. The number of anilines is 2. The molecular weight excluding hydrogens is 367 g/mol. The maximum absolute atomic E-state index is 6.30. The number of hydrogen-bond acceptors (Lipinski definition) is 3. The molecule has 0 amide bonds. The van der Waals surface area contributed by atoms with Crippen molar-refractivity contribution in [2.75, 3.05) is 50.1 Å². The summed E-state index contributed by atoms with van der Waals surface area (Å²) < 4.78 is 0. The van der Waals surface area contributed by atoms with Crippen LogP contribution in [-0.4, -0.2) is 50.1 Å². The molecular formula is C20H24ClN2PS. The van der Waals surface area contributed by atoms with Gasteiger partial charge in [0, 0.05) is 34.4 Å². The molecule has 1 saturated heterocycles. The van der Waals surface area contributed by atoms with Crippen molar-refractivity contribution in [3.05, 3.63) is 47.5 Å². The molecule has 0 bridgehead atoms. The van der Waals surface area contributed by atoms with Gasteiger partial charge in [-0.2, -0.15) is 0 Å². The van der Waals surface area contributed by atoms with Crippen LogP contribution in [0.15, 0.2) is 52.3 Å². The molecule has 2 aliphatic rings. The molecule has 25 heavy (non-hydrogen) atoms. The minimum Gasteiger partial charge on any atom is -0.340 e. The standard InChI is InChI=1S/C20H24ClN2PS/c1-24-13-11-22(12-14-24)9-4-10-23-17-5-2-3-6-19(17)25-20-8-7-16(21)15-18(20)23/h2-3,5-8,15H,4,9-14H2,1H3. The quantitative estimate of drug-likeness (QED) is 0.613. The maximum atomic E-state index is 6.30. The Hall–Kier alpha value is -0.730. The first-order valence-electron chi connectivity index (χ1n) is 8.95. The van der Waals surface area contributed by atoms with Crippen LogP contribution in [0.2, 0.25) is 5.02 Å². The van der Waals surface area contributed by atoms with E-state index in [-0.39, 0.29) is 0 Å². The number of nitrogens with zero attached hydrogens (tertiary/aromatic N) is 2. The molecule has 0 spiro atoms. The number of halogens is 1. The zero-order valence-corrected chi connectivity index (χ0v) is 17.1. The molecule has 1 fully saturated rings. The number of fused-ring (bicyclic) bond motifs is 2. The molecule has 0 atom stereocenters. The van der Waals surface area contributed by atoms with E-state index in [2.05, 4.69) is 52.9 Å². The largest absolute Gasteiger partial charge is 0.340 e. The van der Waals surface area contributed by atoms with Crippen molar-refractivity contribution in [2.24, 2.45) is 0 Å². The Morgan fingerprint density at radius 3 is 2.60 bits per heavy atom. The molecule has 2 aliphatic heterocycles. The minimum absolute atomic E-state index is 0.312. The van der Waals surface area contributed by atoms with E-state index in [1.165, 1.54) is 59.5 Å². The van der Waals surface area contributed by atoms with Crippen LogP contribution in [0.3, 0.4) is 0 Å². The fraction of sp³-hybridized carbons (Fsp3) is 0.400. The van der Waals surface area contributed by atoms with Crippen LogP contribution in [-0.2, 0) is 0 Å². The average molecular weight is 391 g/mol. The van der Waals surface area contributed by atoms with Gasteiger partial charge in [-0.15, -0.1) is 7.92 Å². The van der Waals surface area contributed by atoms with Crippen molar-refractivity contribution < 1.29 is 0 Å². The van der Waals surface area contributed by atoms with Gasteiger partial charge in [-0.05, 0) is 62.3 Å². The Morgan fingerprint density at radius 2 is 1.76 bits per heavy atom. The molecule has 0 saturated carbocycles. The predicted molar refractivity (Wildman–Crippen MR) is 113 cm³/mol. The normalized spacial score (nSPS) is 18.1. The fourth-order valence-electron chi connectivity index (χ4n) is 3.57. The lowest BCUT2D eigenvalue weighted by atomic mass is 10.2. The molecule has 5 heteroatoms. The van der Waals surface area contributed by atoms with E-state index in [0.29, 0.717) is 7.92 Å². The van der Waals surface area contributed by atoms with Crippen LogP contribution in [0.4, 0.5) is 11.4 Å². The third kappa shape index (κ3) is 4.01. The van der Waals surface area contributed by atoms with E-state index in [9.17, 15) is 0 Å². The topological polar surface area (TPSA) is 6.48 Å². The first-order chi connectivity index (χ1) is 12.2. The van der Waals surface area contributed by atoms with Gasteiger partial charge in [-0.1, -0.05) is 35.5 Å². The van der Waals surface area contributed by atoms with Gasteiger partial charge >= 0.3 is 0 Å². The van der Waals surface area contributed by atoms with Gasteiger partial charge in [0.1, 0.15) is 0 Å². The van der Waals surface area contributed by atoms with Crippen molar-refractivity contribution in [2.45, 2.75) is 16.2 Å². The Labute approximate surface area is 161 Å². The molecule has 0 radical (unpaired) electrons. The number of para-hydroxylation sites is 1. The summed E-state index contributed by atoms with van der Waals surface area (Å²) in [7, 11) is 0.312. The highest BCUT2D eigenvalue weighted by atomic mass is 35.5. The summed E-state index contributed by atoms with van der Waals surface area (Å²) in [6.07, 6.45) is 4.01. The number of benzene rings is 2. The van der Waals surface area contributed by atoms with Crippen LogP contribution in [0.1, 0.15) is 6.42 Å². The fourth-order valence-corrected chi connectivity index (χ4v) is 6.28. The highest BCUT2D eigenvalue weighted by Gasteiger charge is 2.23. The van der Waals surface area contributed by atoms with Gasteiger partial charge in [-0.3, -0.25) is 0 Å². The third-order valence-electron chi connectivity index (χ3n) is 5.04. The van der Waals surface area contributed by atoms with Crippen molar-refractivity contribution in [3.8, 4) is 0 Å². The van der Waals surface area contributed by atoms with Crippen LogP contribution in [0.25, 0.3) is 0 Å². The molecule has 0 aliphatic carbocycles. The van der Waals surface area contributed by atoms with E-state index < -0.39 is 0 Å². The van der Waals surface area contributed by atoms with E-state index in [1.807, 2.05) is 17.8 Å². The second kappa shape index (κ2) is 7.88. The molecule has 2 nitrogen and oxygen atoms in total. The number of hydrogen-bond donors (Lipinski definition) is 0. The second-order valence-electron chi connectivity index (χ2n) is 6.83. The van der Waals surface area contributed by atoms with E-state index >= 15 is 0 Å². The molecule has 2 heterocycles. The van der Waals surface area contributed by atoms with Crippen molar-refractivity contribution in [1.82, 2.24) is 4.90 Å². The average Bonchev–Trinajstić information content (AvgIpc) is 2.63. The maximum Gasteiger partial charge on any atom is 0.0567 e. The second-order valence-corrected chi connectivity index (χ2v) is 11.0. The number of rotatable bonds is 4. The summed E-state index contributed by atoms with van der Waals surface area (Å²) in [4.78, 5) is 7.75. The van der Waals surface area contributed by atoms with Crippen LogP contribution < -0.4 is 4.90 Å². The Bertz CT molecular complexity index is 746. The molecule has 0 aromatic heterocycles. The van der Waals surface area contributed by atoms with Crippen molar-refractivity contribution in [3.63, 3.8) is 0 Å². The Morgan fingerprint density at radius 1 is 1.00 bits per heavy atom. The molecule has 0 N–H and O–H groups in total. The first-order valence-corrected chi connectivity index (χ1v) is 12.3. The minimum atomic E-state index is 0.312. The van der Waals surface area contributed by atoms with Gasteiger partial charge in [0.05, 0.1) is 11.4 Å². The zero-order chi connectivity index (χ0) is 17.2. The van der Waals surface area contributed by atoms with E-state index in [1.54, 1.807) is 0 Å². The van der Waals surface area contributed by atoms with Gasteiger partial charge in [0.25, 0.3) is 0 Å². The SMILES string of the molecule is CP1CCN(CCCN2c3ccccc3Sc3ccc(Cl)cc32)CC1. The lowest BCUT2D eigenvalue weighted by Crippen LogP contribution is -2.35. The van der Waals surface area contributed by atoms with Crippen LogP contribution in [0, 0.1) is 0 Å². The summed E-state index contributed by atoms with van der Waals surface area (Å²) in [5.41, 5.74) is 2.57. The van der Waals surface area contributed by atoms with E-state index in [0.717, 1.165) is 11.6 Å². The smallest absolute Gasteiger partial charge is 0.0567 e. The molecule has 132 valence electrons. The summed E-state index contributed by atoms with van der Waals surface area (Å²) in [6.45, 7) is 7.26. The lowest BCUT2D eigenvalue weighted by molar-refractivity contribution is 0.298. The van der Waals surface area contributed by atoms with Crippen LogP contribution >= 0.6 is 31.3 Å². The van der Waals surface area contributed by atoms with Crippen molar-refractivity contribution in [1.29, 1.82) is 0 Å². The van der Waals surface area contributed by atoms with Gasteiger partial charge < -0.3 is 9.80 Å². The van der Waals surface area contributed by atoms with Gasteiger partial charge in [-0.25, -0.2) is 0 Å². The lowest BCUT2D eigenvalue weighted by Gasteiger charge is -2.34.